The highest BCUT2D eigenvalue weighted by Crippen LogP contribution is 2.17. The van der Waals surface area contributed by atoms with Gasteiger partial charge in [-0.15, -0.1) is 11.3 Å². The smallest absolute Gasteiger partial charge is 0.254 e. The van der Waals surface area contributed by atoms with E-state index in [2.05, 4.69) is 10.3 Å². The number of ether oxygens (including phenoxy) is 1. The molecule has 2 rings (SSSR count). The zero-order chi connectivity index (χ0) is 17.5. The summed E-state index contributed by atoms with van der Waals surface area (Å²) in [5.41, 5.74) is 0.497. The second-order valence-electron chi connectivity index (χ2n) is 5.31. The Morgan fingerprint density at radius 1 is 1.42 bits per heavy atom. The molecular formula is C17H21N3O3S. The van der Waals surface area contributed by atoms with Crippen molar-refractivity contribution in [1.29, 1.82) is 0 Å². The Labute approximate surface area is 145 Å². The SMILES string of the molecule is CCC(C)N(CC(=O)Nc1nccs1)C(=O)c1cccc(OC)c1. The van der Waals surface area contributed by atoms with E-state index in [-0.39, 0.29) is 24.4 Å². The Balaban J connectivity index is 2.14. The van der Waals surface area contributed by atoms with Crippen LogP contribution in [0.25, 0.3) is 0 Å². The van der Waals surface area contributed by atoms with Crippen LogP contribution in [-0.4, -0.2) is 41.4 Å². The van der Waals surface area contributed by atoms with Crippen molar-refractivity contribution in [2.75, 3.05) is 19.0 Å². The van der Waals surface area contributed by atoms with Gasteiger partial charge < -0.3 is 15.0 Å². The lowest BCUT2D eigenvalue weighted by atomic mass is 10.1. The van der Waals surface area contributed by atoms with Gasteiger partial charge in [-0.3, -0.25) is 9.59 Å². The van der Waals surface area contributed by atoms with Gasteiger partial charge in [-0.2, -0.15) is 0 Å². The monoisotopic (exact) mass is 347 g/mol. The number of carbonyl (C=O) groups excluding carboxylic acids is 2. The van der Waals surface area contributed by atoms with Gasteiger partial charge in [0.2, 0.25) is 5.91 Å². The Morgan fingerprint density at radius 3 is 2.83 bits per heavy atom. The molecule has 1 atom stereocenters. The third-order valence-electron chi connectivity index (χ3n) is 3.69. The molecule has 6 nitrogen and oxygen atoms in total. The Hall–Kier alpha value is -2.41. The lowest BCUT2D eigenvalue weighted by Crippen LogP contribution is -2.43. The molecular weight excluding hydrogens is 326 g/mol. The van der Waals surface area contributed by atoms with E-state index >= 15 is 0 Å². The van der Waals surface area contributed by atoms with Gasteiger partial charge in [0.15, 0.2) is 5.13 Å². The van der Waals surface area contributed by atoms with Crippen LogP contribution < -0.4 is 10.1 Å². The first-order chi connectivity index (χ1) is 11.5. The van der Waals surface area contributed by atoms with E-state index in [0.717, 1.165) is 6.42 Å². The molecule has 0 saturated carbocycles. The highest BCUT2D eigenvalue weighted by molar-refractivity contribution is 7.13. The molecule has 128 valence electrons. The van der Waals surface area contributed by atoms with Crippen LogP contribution in [0, 0.1) is 0 Å². The third kappa shape index (κ3) is 4.55. The number of amides is 2. The standard InChI is InChI=1S/C17H21N3O3S/c1-4-12(2)20(11-15(21)19-17-18-8-9-24-17)16(22)13-6-5-7-14(10-13)23-3/h5-10,12H,4,11H2,1-3H3,(H,18,19,21). The number of aromatic nitrogens is 1. The number of nitrogens with one attached hydrogen (secondary N) is 1. The van der Waals surface area contributed by atoms with Crippen molar-refractivity contribution in [2.24, 2.45) is 0 Å². The molecule has 0 spiro atoms. The molecule has 1 heterocycles. The second kappa shape index (κ2) is 8.44. The third-order valence-corrected chi connectivity index (χ3v) is 4.38. The summed E-state index contributed by atoms with van der Waals surface area (Å²) in [4.78, 5) is 30.7. The van der Waals surface area contributed by atoms with Crippen LogP contribution in [0.2, 0.25) is 0 Å². The topological polar surface area (TPSA) is 71.5 Å². The molecule has 1 aromatic carbocycles. The summed E-state index contributed by atoms with van der Waals surface area (Å²) >= 11 is 1.34. The Morgan fingerprint density at radius 2 is 2.21 bits per heavy atom. The van der Waals surface area contributed by atoms with Crippen LogP contribution in [0.5, 0.6) is 5.75 Å². The molecule has 0 fully saturated rings. The minimum atomic E-state index is -0.263. The van der Waals surface area contributed by atoms with Gasteiger partial charge in [-0.25, -0.2) is 4.98 Å². The van der Waals surface area contributed by atoms with Crippen molar-refractivity contribution in [1.82, 2.24) is 9.88 Å². The number of carbonyl (C=O) groups is 2. The zero-order valence-corrected chi connectivity index (χ0v) is 14.8. The first kappa shape index (κ1) is 17.9. The first-order valence-electron chi connectivity index (χ1n) is 7.69. The fourth-order valence-corrected chi connectivity index (χ4v) is 2.71. The van der Waals surface area contributed by atoms with Gasteiger partial charge in [0.1, 0.15) is 12.3 Å². The van der Waals surface area contributed by atoms with Crippen molar-refractivity contribution >= 4 is 28.3 Å². The van der Waals surface area contributed by atoms with E-state index in [9.17, 15) is 9.59 Å². The van der Waals surface area contributed by atoms with Crippen LogP contribution in [0.15, 0.2) is 35.8 Å². The predicted octanol–water partition coefficient (Wildman–Crippen LogP) is 3.03. The Kier molecular flexibility index (Phi) is 6.31. The molecule has 0 aliphatic rings. The summed E-state index contributed by atoms with van der Waals surface area (Å²) in [6.45, 7) is 3.88. The van der Waals surface area contributed by atoms with E-state index in [0.29, 0.717) is 16.4 Å². The largest absolute Gasteiger partial charge is 0.497 e. The fraction of sp³-hybridized carbons (Fsp3) is 0.353. The van der Waals surface area contributed by atoms with E-state index in [1.54, 1.807) is 47.9 Å². The summed E-state index contributed by atoms with van der Waals surface area (Å²) in [5.74, 6) is 0.149. The average Bonchev–Trinajstić information content (AvgIpc) is 3.11. The molecule has 1 N–H and O–H groups in total. The van der Waals surface area contributed by atoms with Crippen LogP contribution in [-0.2, 0) is 4.79 Å². The molecule has 0 aliphatic heterocycles. The molecule has 1 unspecified atom stereocenters. The second-order valence-corrected chi connectivity index (χ2v) is 6.20. The summed E-state index contributed by atoms with van der Waals surface area (Å²) in [6.07, 6.45) is 2.37. The number of nitrogens with zero attached hydrogens (tertiary/aromatic N) is 2. The minimum absolute atomic E-state index is 0.0232. The van der Waals surface area contributed by atoms with Crippen molar-refractivity contribution in [3.8, 4) is 5.75 Å². The van der Waals surface area contributed by atoms with E-state index in [4.69, 9.17) is 4.74 Å². The fourth-order valence-electron chi connectivity index (χ4n) is 2.17. The van der Waals surface area contributed by atoms with Gasteiger partial charge >= 0.3 is 0 Å². The molecule has 2 amide bonds. The molecule has 1 aromatic heterocycles. The minimum Gasteiger partial charge on any atom is -0.497 e. The zero-order valence-electron chi connectivity index (χ0n) is 14.0. The van der Waals surface area contributed by atoms with Crippen LogP contribution in [0.4, 0.5) is 5.13 Å². The molecule has 0 radical (unpaired) electrons. The summed E-state index contributed by atoms with van der Waals surface area (Å²) in [6, 6.07) is 6.87. The van der Waals surface area contributed by atoms with Crippen molar-refractivity contribution in [3.63, 3.8) is 0 Å². The van der Waals surface area contributed by atoms with Crippen molar-refractivity contribution in [2.45, 2.75) is 26.3 Å². The van der Waals surface area contributed by atoms with Gasteiger partial charge in [0.25, 0.3) is 5.91 Å². The Bertz CT molecular complexity index is 688. The van der Waals surface area contributed by atoms with Gasteiger partial charge in [-0.05, 0) is 31.5 Å². The highest BCUT2D eigenvalue weighted by atomic mass is 32.1. The maximum Gasteiger partial charge on any atom is 0.254 e. The summed E-state index contributed by atoms with van der Waals surface area (Å²) < 4.78 is 5.17. The van der Waals surface area contributed by atoms with E-state index in [1.807, 2.05) is 13.8 Å². The van der Waals surface area contributed by atoms with Gasteiger partial charge in [0.05, 0.1) is 7.11 Å². The average molecular weight is 347 g/mol. The lowest BCUT2D eigenvalue weighted by molar-refractivity contribution is -0.117. The quantitative estimate of drug-likeness (QED) is 0.836. The molecule has 24 heavy (non-hydrogen) atoms. The van der Waals surface area contributed by atoms with Crippen molar-refractivity contribution in [3.05, 3.63) is 41.4 Å². The molecule has 2 aromatic rings. The number of rotatable bonds is 7. The van der Waals surface area contributed by atoms with Crippen LogP contribution in [0.1, 0.15) is 30.6 Å². The number of thiazole rings is 1. The van der Waals surface area contributed by atoms with Crippen molar-refractivity contribution < 1.29 is 14.3 Å². The summed E-state index contributed by atoms with van der Waals surface area (Å²) in [5, 5.41) is 5.02. The normalized spacial score (nSPS) is 11.6. The number of hydrogen-bond donors (Lipinski definition) is 1. The maximum absolute atomic E-state index is 12.8. The molecule has 7 heteroatoms. The van der Waals surface area contributed by atoms with Gasteiger partial charge in [-0.1, -0.05) is 13.0 Å². The maximum atomic E-state index is 12.8. The highest BCUT2D eigenvalue weighted by Gasteiger charge is 2.23. The molecule has 0 bridgehead atoms. The number of methoxy groups -OCH3 is 1. The predicted molar refractivity (Wildman–Crippen MR) is 94.5 cm³/mol. The number of benzene rings is 1. The molecule has 0 aliphatic carbocycles. The van der Waals surface area contributed by atoms with Crippen LogP contribution in [0.3, 0.4) is 0 Å². The van der Waals surface area contributed by atoms with Gasteiger partial charge in [0, 0.05) is 23.2 Å². The van der Waals surface area contributed by atoms with Crippen LogP contribution >= 0.6 is 11.3 Å². The summed E-state index contributed by atoms with van der Waals surface area (Å²) in [7, 11) is 1.55. The molecule has 0 saturated heterocycles. The number of hydrogen-bond acceptors (Lipinski definition) is 5. The van der Waals surface area contributed by atoms with E-state index in [1.165, 1.54) is 11.3 Å². The van der Waals surface area contributed by atoms with E-state index < -0.39 is 0 Å². The first-order valence-corrected chi connectivity index (χ1v) is 8.57. The number of anilines is 1. The lowest BCUT2D eigenvalue weighted by Gasteiger charge is -2.28.